The molecule has 0 aromatic heterocycles. The van der Waals surface area contributed by atoms with Crippen molar-refractivity contribution in [2.45, 2.75) is 64.5 Å². The smallest absolute Gasteiger partial charge is 0.326 e. The van der Waals surface area contributed by atoms with Gasteiger partial charge in [0.2, 0.25) is 0 Å². The van der Waals surface area contributed by atoms with Crippen LogP contribution in [0.1, 0.15) is 52.9 Å². The molecule has 1 N–H and O–H groups in total. The maximum Gasteiger partial charge on any atom is 0.326 e. The Balaban J connectivity index is 2.74. The molecule has 0 heterocycles. The lowest BCUT2D eigenvalue weighted by Gasteiger charge is -2.42. The molecule has 3 atom stereocenters. The fraction of sp³-hybridized carbons (Fsp3) is 0.938. The van der Waals surface area contributed by atoms with Crippen LogP contribution in [0.3, 0.4) is 0 Å². The SMILES string of the molecule is CCNC1(C(=O)OC)CCCC(N(C)CC(C)CC)C1. The van der Waals surface area contributed by atoms with Crippen LogP contribution in [-0.2, 0) is 9.53 Å². The number of carbonyl (C=O) groups excluding carboxylic acids is 1. The first-order valence-corrected chi connectivity index (χ1v) is 8.02. The molecule has 3 unspecified atom stereocenters. The quantitative estimate of drug-likeness (QED) is 0.729. The highest BCUT2D eigenvalue weighted by atomic mass is 16.5. The van der Waals surface area contributed by atoms with Gasteiger partial charge in [0, 0.05) is 12.6 Å². The molecule has 1 aliphatic carbocycles. The minimum absolute atomic E-state index is 0.0963. The summed E-state index contributed by atoms with van der Waals surface area (Å²) in [6.07, 6.45) is 5.21. The molecular formula is C16H32N2O2. The molecule has 4 heteroatoms. The van der Waals surface area contributed by atoms with Gasteiger partial charge in [0.25, 0.3) is 0 Å². The van der Waals surface area contributed by atoms with Crippen molar-refractivity contribution in [3.63, 3.8) is 0 Å². The van der Waals surface area contributed by atoms with E-state index in [0.717, 1.165) is 32.4 Å². The zero-order chi connectivity index (χ0) is 15.2. The van der Waals surface area contributed by atoms with Gasteiger partial charge in [-0.25, -0.2) is 0 Å². The summed E-state index contributed by atoms with van der Waals surface area (Å²) >= 11 is 0. The predicted molar refractivity (Wildman–Crippen MR) is 82.8 cm³/mol. The van der Waals surface area contributed by atoms with E-state index in [-0.39, 0.29) is 5.97 Å². The van der Waals surface area contributed by atoms with Crippen LogP contribution in [0.15, 0.2) is 0 Å². The third-order valence-corrected chi connectivity index (χ3v) is 4.74. The van der Waals surface area contributed by atoms with Gasteiger partial charge in [0.05, 0.1) is 7.11 Å². The van der Waals surface area contributed by atoms with Gasteiger partial charge in [-0.2, -0.15) is 0 Å². The number of likely N-dealkylation sites (N-methyl/N-ethyl adjacent to an activating group) is 1. The van der Waals surface area contributed by atoms with Gasteiger partial charge in [-0.05, 0) is 45.2 Å². The Hall–Kier alpha value is -0.610. The number of methoxy groups -OCH3 is 1. The molecule has 0 aliphatic heterocycles. The molecule has 0 aromatic rings. The van der Waals surface area contributed by atoms with E-state index >= 15 is 0 Å². The Morgan fingerprint density at radius 2 is 2.20 bits per heavy atom. The summed E-state index contributed by atoms with van der Waals surface area (Å²) in [6, 6.07) is 0.468. The van der Waals surface area contributed by atoms with Crippen LogP contribution < -0.4 is 5.32 Å². The van der Waals surface area contributed by atoms with E-state index in [1.165, 1.54) is 20.0 Å². The monoisotopic (exact) mass is 284 g/mol. The highest BCUT2D eigenvalue weighted by molar-refractivity contribution is 5.81. The van der Waals surface area contributed by atoms with Crippen LogP contribution in [0.2, 0.25) is 0 Å². The predicted octanol–water partition coefficient (Wildman–Crippen LogP) is 2.43. The first-order chi connectivity index (χ1) is 9.49. The second-order valence-corrected chi connectivity index (χ2v) is 6.31. The minimum Gasteiger partial charge on any atom is -0.468 e. The molecule has 0 radical (unpaired) electrons. The molecule has 1 aliphatic rings. The van der Waals surface area contributed by atoms with Crippen molar-refractivity contribution in [3.8, 4) is 0 Å². The van der Waals surface area contributed by atoms with E-state index < -0.39 is 5.54 Å². The lowest BCUT2D eigenvalue weighted by molar-refractivity contribution is -0.151. The number of esters is 1. The van der Waals surface area contributed by atoms with E-state index in [1.807, 2.05) is 0 Å². The normalized spacial score (nSPS) is 28.4. The van der Waals surface area contributed by atoms with Gasteiger partial charge in [0.1, 0.15) is 5.54 Å². The van der Waals surface area contributed by atoms with Crippen LogP contribution in [0, 0.1) is 5.92 Å². The Bertz CT molecular complexity index is 305. The topological polar surface area (TPSA) is 41.6 Å². The molecule has 1 saturated carbocycles. The van der Waals surface area contributed by atoms with Gasteiger partial charge < -0.3 is 15.0 Å². The van der Waals surface area contributed by atoms with E-state index in [4.69, 9.17) is 4.74 Å². The molecule has 0 amide bonds. The lowest BCUT2D eigenvalue weighted by atomic mass is 9.78. The van der Waals surface area contributed by atoms with Gasteiger partial charge in [-0.3, -0.25) is 4.79 Å². The minimum atomic E-state index is -0.476. The largest absolute Gasteiger partial charge is 0.468 e. The summed E-state index contributed by atoms with van der Waals surface area (Å²) in [5, 5.41) is 3.40. The fourth-order valence-corrected chi connectivity index (χ4v) is 3.34. The standard InChI is InChI=1S/C16H32N2O2/c1-6-13(3)12-18(4)14-9-8-10-16(11-14,17-7-2)15(19)20-5/h13-14,17H,6-12H2,1-5H3. The highest BCUT2D eigenvalue weighted by Gasteiger charge is 2.44. The first kappa shape index (κ1) is 17.4. The second-order valence-electron chi connectivity index (χ2n) is 6.31. The van der Waals surface area contributed by atoms with Crippen molar-refractivity contribution in [1.82, 2.24) is 10.2 Å². The van der Waals surface area contributed by atoms with E-state index in [9.17, 15) is 4.79 Å². The molecule has 1 fully saturated rings. The van der Waals surface area contributed by atoms with Crippen molar-refractivity contribution in [1.29, 1.82) is 0 Å². The second kappa shape index (κ2) is 7.99. The fourth-order valence-electron chi connectivity index (χ4n) is 3.34. The third-order valence-electron chi connectivity index (χ3n) is 4.74. The van der Waals surface area contributed by atoms with Gasteiger partial charge in [-0.1, -0.05) is 27.2 Å². The summed E-state index contributed by atoms with van der Waals surface area (Å²) < 4.78 is 5.06. The Kier molecular flexibility index (Phi) is 6.96. The van der Waals surface area contributed by atoms with Crippen molar-refractivity contribution >= 4 is 5.97 Å². The number of rotatable bonds is 7. The summed E-state index contributed by atoms with van der Waals surface area (Å²) in [4.78, 5) is 14.7. The Morgan fingerprint density at radius 3 is 2.75 bits per heavy atom. The summed E-state index contributed by atoms with van der Waals surface area (Å²) in [5.41, 5.74) is -0.476. The van der Waals surface area contributed by atoms with Gasteiger partial charge >= 0.3 is 5.97 Å². The van der Waals surface area contributed by atoms with Crippen LogP contribution in [0.5, 0.6) is 0 Å². The van der Waals surface area contributed by atoms with Crippen molar-refractivity contribution in [2.75, 3.05) is 27.2 Å². The van der Waals surface area contributed by atoms with Crippen LogP contribution in [0.4, 0.5) is 0 Å². The molecule has 20 heavy (non-hydrogen) atoms. The molecule has 1 rings (SSSR count). The summed E-state index contributed by atoms with van der Waals surface area (Å²) in [6.45, 7) is 8.48. The summed E-state index contributed by atoms with van der Waals surface area (Å²) in [5.74, 6) is 0.606. The number of nitrogens with one attached hydrogen (secondary N) is 1. The molecule has 0 saturated heterocycles. The molecule has 118 valence electrons. The van der Waals surface area contributed by atoms with Crippen LogP contribution in [0.25, 0.3) is 0 Å². The van der Waals surface area contributed by atoms with E-state index in [2.05, 4.69) is 38.0 Å². The number of ether oxygens (including phenoxy) is 1. The molecule has 0 spiro atoms. The van der Waals surface area contributed by atoms with Crippen molar-refractivity contribution in [2.24, 2.45) is 5.92 Å². The van der Waals surface area contributed by atoms with E-state index in [1.54, 1.807) is 0 Å². The number of nitrogens with zero attached hydrogens (tertiary/aromatic N) is 1. The number of hydrogen-bond donors (Lipinski definition) is 1. The zero-order valence-electron chi connectivity index (χ0n) is 13.9. The molecular weight excluding hydrogens is 252 g/mol. The lowest BCUT2D eigenvalue weighted by Crippen LogP contribution is -2.58. The van der Waals surface area contributed by atoms with Crippen LogP contribution >= 0.6 is 0 Å². The number of carbonyl (C=O) groups is 1. The first-order valence-electron chi connectivity index (χ1n) is 8.02. The maximum absolute atomic E-state index is 12.2. The van der Waals surface area contributed by atoms with Gasteiger partial charge in [-0.15, -0.1) is 0 Å². The summed E-state index contributed by atoms with van der Waals surface area (Å²) in [7, 11) is 3.68. The van der Waals surface area contributed by atoms with Crippen molar-refractivity contribution < 1.29 is 9.53 Å². The zero-order valence-corrected chi connectivity index (χ0v) is 13.9. The Morgan fingerprint density at radius 1 is 1.50 bits per heavy atom. The molecule has 4 nitrogen and oxygen atoms in total. The van der Waals surface area contributed by atoms with E-state index in [0.29, 0.717) is 12.0 Å². The number of hydrogen-bond acceptors (Lipinski definition) is 4. The average Bonchev–Trinajstić information content (AvgIpc) is 2.46. The van der Waals surface area contributed by atoms with Gasteiger partial charge in [0.15, 0.2) is 0 Å². The van der Waals surface area contributed by atoms with Crippen molar-refractivity contribution in [3.05, 3.63) is 0 Å². The average molecular weight is 284 g/mol. The highest BCUT2D eigenvalue weighted by Crippen LogP contribution is 2.32. The molecule has 0 bridgehead atoms. The Labute approximate surface area is 124 Å². The van der Waals surface area contributed by atoms with Crippen LogP contribution in [-0.4, -0.2) is 49.7 Å². The maximum atomic E-state index is 12.2. The third kappa shape index (κ3) is 4.19. The molecule has 0 aromatic carbocycles.